The third-order valence-corrected chi connectivity index (χ3v) is 4.46. The van der Waals surface area contributed by atoms with Gasteiger partial charge in [0.1, 0.15) is 5.82 Å². The molecule has 0 unspecified atom stereocenters. The second-order valence-corrected chi connectivity index (χ2v) is 8.11. The van der Waals surface area contributed by atoms with Gasteiger partial charge in [-0.2, -0.15) is 0 Å². The van der Waals surface area contributed by atoms with Crippen molar-refractivity contribution >= 4 is 23.7 Å². The molecule has 1 heterocycles. The number of carbonyl (C=O) groups is 2. The van der Waals surface area contributed by atoms with Gasteiger partial charge in [-0.1, -0.05) is 23.9 Å². The average Bonchev–Trinajstić information content (AvgIpc) is 2.86. The first-order valence-corrected chi connectivity index (χ1v) is 8.90. The molecule has 9 heteroatoms. The summed E-state index contributed by atoms with van der Waals surface area (Å²) in [6.45, 7) is 7.11. The third-order valence-electron chi connectivity index (χ3n) is 3.33. The molecular formula is C17H22FN5O2S. The maximum absolute atomic E-state index is 13.9. The molecule has 140 valence electrons. The molecule has 2 aromatic rings. The van der Waals surface area contributed by atoms with Crippen LogP contribution in [0.4, 0.5) is 9.18 Å². The Balaban J connectivity index is 2.06. The Labute approximate surface area is 155 Å². The molecule has 0 bridgehead atoms. The summed E-state index contributed by atoms with van der Waals surface area (Å²) in [5, 5.41) is 12.8. The molecule has 26 heavy (non-hydrogen) atoms. The van der Waals surface area contributed by atoms with Gasteiger partial charge >= 0.3 is 6.03 Å². The molecule has 0 saturated carbocycles. The number of carbonyl (C=O) groups excluding carboxylic acids is 2. The van der Waals surface area contributed by atoms with E-state index in [0.29, 0.717) is 16.5 Å². The maximum Gasteiger partial charge on any atom is 0.321 e. The summed E-state index contributed by atoms with van der Waals surface area (Å²) in [4.78, 5) is 24.0. The highest BCUT2D eigenvalue weighted by molar-refractivity contribution is 8.00. The number of amides is 3. The predicted molar refractivity (Wildman–Crippen MR) is 98.1 cm³/mol. The molecular weight excluding hydrogens is 357 g/mol. The van der Waals surface area contributed by atoms with E-state index in [0.717, 1.165) is 11.8 Å². The van der Waals surface area contributed by atoms with E-state index in [1.54, 1.807) is 36.7 Å². The smallest absolute Gasteiger partial charge is 0.321 e. The van der Waals surface area contributed by atoms with Gasteiger partial charge in [-0.05, 0) is 39.8 Å². The predicted octanol–water partition coefficient (Wildman–Crippen LogP) is 2.73. The molecule has 0 saturated heterocycles. The van der Waals surface area contributed by atoms with Crippen LogP contribution in [0.15, 0.2) is 29.4 Å². The normalized spacial score (nSPS) is 12.5. The molecule has 0 aliphatic carbocycles. The minimum absolute atomic E-state index is 0.330. The van der Waals surface area contributed by atoms with Crippen LogP contribution in [-0.4, -0.2) is 37.5 Å². The van der Waals surface area contributed by atoms with Crippen LogP contribution < -0.4 is 10.6 Å². The number of nitrogens with zero attached hydrogens (tertiary/aromatic N) is 3. The molecule has 0 spiro atoms. The highest BCUT2D eigenvalue weighted by atomic mass is 32.2. The summed E-state index contributed by atoms with van der Waals surface area (Å²) in [7, 11) is 1.70. The standard InChI is InChI=1S/C17H22FN5O2S/c1-10(14(24)19-15(25)20-17(2,3)4)26-16-22-21-13(23(16)5)11-8-6-7-9-12(11)18/h6-10H,1-5H3,(H2,19,20,24,25)/t10-/m1/s1. The van der Waals surface area contributed by atoms with Crippen LogP contribution in [0.3, 0.4) is 0 Å². The van der Waals surface area contributed by atoms with Crippen LogP contribution in [0.25, 0.3) is 11.4 Å². The monoisotopic (exact) mass is 379 g/mol. The zero-order valence-corrected chi connectivity index (χ0v) is 16.1. The number of nitrogens with one attached hydrogen (secondary N) is 2. The Hall–Kier alpha value is -2.42. The maximum atomic E-state index is 13.9. The second-order valence-electron chi connectivity index (χ2n) is 6.80. The zero-order chi connectivity index (χ0) is 19.5. The quantitative estimate of drug-likeness (QED) is 0.798. The fraction of sp³-hybridized carbons (Fsp3) is 0.412. The summed E-state index contributed by atoms with van der Waals surface area (Å²) < 4.78 is 15.6. The summed E-state index contributed by atoms with van der Waals surface area (Å²) in [5.74, 6) is -0.486. The van der Waals surface area contributed by atoms with Crippen LogP contribution in [0.2, 0.25) is 0 Å². The van der Waals surface area contributed by atoms with Gasteiger partial charge < -0.3 is 9.88 Å². The van der Waals surface area contributed by atoms with Crippen LogP contribution in [0.5, 0.6) is 0 Å². The first-order chi connectivity index (χ1) is 12.1. The molecule has 0 aliphatic rings. The highest BCUT2D eigenvalue weighted by Crippen LogP contribution is 2.26. The number of aromatic nitrogens is 3. The highest BCUT2D eigenvalue weighted by Gasteiger charge is 2.23. The number of hydrogen-bond acceptors (Lipinski definition) is 5. The van der Waals surface area contributed by atoms with Gasteiger partial charge in [0, 0.05) is 12.6 Å². The lowest BCUT2D eigenvalue weighted by Crippen LogP contribution is -2.49. The van der Waals surface area contributed by atoms with Crippen LogP contribution in [0.1, 0.15) is 27.7 Å². The van der Waals surface area contributed by atoms with E-state index in [1.807, 2.05) is 20.8 Å². The van der Waals surface area contributed by atoms with Gasteiger partial charge in [-0.3, -0.25) is 10.1 Å². The van der Waals surface area contributed by atoms with E-state index in [1.165, 1.54) is 6.07 Å². The van der Waals surface area contributed by atoms with E-state index >= 15 is 0 Å². The third kappa shape index (κ3) is 5.04. The van der Waals surface area contributed by atoms with Crippen molar-refractivity contribution in [3.8, 4) is 11.4 Å². The van der Waals surface area contributed by atoms with Crippen molar-refractivity contribution in [3.05, 3.63) is 30.1 Å². The molecule has 1 aromatic heterocycles. The van der Waals surface area contributed by atoms with Crippen molar-refractivity contribution in [2.75, 3.05) is 0 Å². The van der Waals surface area contributed by atoms with Crippen LogP contribution in [-0.2, 0) is 11.8 Å². The molecule has 0 radical (unpaired) electrons. The molecule has 0 fully saturated rings. The van der Waals surface area contributed by atoms with Gasteiger partial charge in [-0.15, -0.1) is 10.2 Å². The van der Waals surface area contributed by atoms with E-state index in [4.69, 9.17) is 0 Å². The lowest BCUT2D eigenvalue weighted by molar-refractivity contribution is -0.119. The summed E-state index contributed by atoms with van der Waals surface area (Å²) in [5.41, 5.74) is -0.116. The molecule has 7 nitrogen and oxygen atoms in total. The number of thioether (sulfide) groups is 1. The molecule has 3 amide bonds. The molecule has 1 aromatic carbocycles. The molecule has 2 N–H and O–H groups in total. The van der Waals surface area contributed by atoms with Gasteiger partial charge in [0.25, 0.3) is 0 Å². The van der Waals surface area contributed by atoms with E-state index in [-0.39, 0.29) is 0 Å². The summed E-state index contributed by atoms with van der Waals surface area (Å²) in [6, 6.07) is 5.71. The van der Waals surface area contributed by atoms with E-state index in [9.17, 15) is 14.0 Å². The summed E-state index contributed by atoms with van der Waals surface area (Å²) >= 11 is 1.13. The Morgan fingerprint density at radius 2 is 1.88 bits per heavy atom. The molecule has 1 atom stereocenters. The second kappa shape index (κ2) is 7.86. The Kier molecular flexibility index (Phi) is 6.01. The van der Waals surface area contributed by atoms with Gasteiger partial charge in [0.2, 0.25) is 5.91 Å². The topological polar surface area (TPSA) is 88.9 Å². The fourth-order valence-electron chi connectivity index (χ4n) is 2.09. The number of halogens is 1. The van der Waals surface area contributed by atoms with Crippen molar-refractivity contribution < 1.29 is 14.0 Å². The number of imide groups is 1. The van der Waals surface area contributed by atoms with Crippen LogP contribution in [0, 0.1) is 5.82 Å². The Bertz CT molecular complexity index is 816. The van der Waals surface area contributed by atoms with Crippen molar-refractivity contribution in [1.82, 2.24) is 25.4 Å². The Morgan fingerprint density at radius 1 is 1.23 bits per heavy atom. The largest absolute Gasteiger partial charge is 0.333 e. The first kappa shape index (κ1) is 19.9. The van der Waals surface area contributed by atoms with Crippen molar-refractivity contribution in [2.24, 2.45) is 7.05 Å². The Morgan fingerprint density at radius 3 is 2.50 bits per heavy atom. The summed E-state index contributed by atoms with van der Waals surface area (Å²) in [6.07, 6.45) is 0. The first-order valence-electron chi connectivity index (χ1n) is 8.02. The SMILES string of the molecule is C[C@@H](Sc1nnc(-c2ccccc2F)n1C)C(=O)NC(=O)NC(C)(C)C. The minimum Gasteiger partial charge on any atom is -0.333 e. The van der Waals surface area contributed by atoms with Gasteiger partial charge in [-0.25, -0.2) is 9.18 Å². The van der Waals surface area contributed by atoms with Crippen molar-refractivity contribution in [1.29, 1.82) is 0 Å². The van der Waals surface area contributed by atoms with E-state index in [2.05, 4.69) is 20.8 Å². The lowest BCUT2D eigenvalue weighted by atomic mass is 10.1. The number of hydrogen-bond donors (Lipinski definition) is 2. The lowest BCUT2D eigenvalue weighted by Gasteiger charge is -2.21. The van der Waals surface area contributed by atoms with Crippen molar-refractivity contribution in [2.45, 2.75) is 43.6 Å². The average molecular weight is 379 g/mol. The fourth-order valence-corrected chi connectivity index (χ4v) is 2.91. The zero-order valence-electron chi connectivity index (χ0n) is 15.3. The van der Waals surface area contributed by atoms with Crippen LogP contribution >= 0.6 is 11.8 Å². The minimum atomic E-state index is -0.586. The van der Waals surface area contributed by atoms with Crippen molar-refractivity contribution in [3.63, 3.8) is 0 Å². The number of rotatable bonds is 4. The number of urea groups is 1. The molecule has 2 rings (SSSR count). The van der Waals surface area contributed by atoms with E-state index < -0.39 is 28.5 Å². The molecule has 0 aliphatic heterocycles. The van der Waals surface area contributed by atoms with Gasteiger partial charge in [0.15, 0.2) is 11.0 Å². The number of benzene rings is 1. The van der Waals surface area contributed by atoms with Gasteiger partial charge in [0.05, 0.1) is 10.8 Å².